The van der Waals surface area contributed by atoms with Gasteiger partial charge in [0.25, 0.3) is 15.9 Å². The average molecular weight is 428 g/mol. The van der Waals surface area contributed by atoms with E-state index < -0.39 is 10.0 Å². The Morgan fingerprint density at radius 1 is 1.14 bits per heavy atom. The molecule has 0 unspecified atom stereocenters. The molecule has 4 rings (SSSR count). The van der Waals surface area contributed by atoms with E-state index in [1.807, 2.05) is 40.7 Å². The van der Waals surface area contributed by atoms with Gasteiger partial charge in [-0.05, 0) is 30.3 Å². The van der Waals surface area contributed by atoms with Gasteiger partial charge in [-0.15, -0.1) is 11.3 Å². The van der Waals surface area contributed by atoms with Gasteiger partial charge in [-0.3, -0.25) is 14.9 Å². The predicted molar refractivity (Wildman–Crippen MR) is 111 cm³/mol. The Hall–Kier alpha value is -3.05. The van der Waals surface area contributed by atoms with Crippen molar-refractivity contribution in [3.63, 3.8) is 0 Å². The first-order valence-corrected chi connectivity index (χ1v) is 10.8. The summed E-state index contributed by atoms with van der Waals surface area (Å²) in [6.45, 7) is 0. The Morgan fingerprint density at radius 2 is 1.90 bits per heavy atom. The maximum absolute atomic E-state index is 12.5. The van der Waals surface area contributed by atoms with Crippen molar-refractivity contribution in [2.45, 2.75) is 4.90 Å². The van der Waals surface area contributed by atoms with E-state index in [2.05, 4.69) is 20.1 Å². The maximum Gasteiger partial charge on any atom is 0.262 e. The molecule has 2 heterocycles. The van der Waals surface area contributed by atoms with Gasteiger partial charge in [-0.1, -0.05) is 23.1 Å². The zero-order chi connectivity index (χ0) is 20.4. The number of hydrogen-bond donors (Lipinski definition) is 3. The van der Waals surface area contributed by atoms with Crippen LogP contribution in [-0.4, -0.2) is 31.4 Å². The van der Waals surface area contributed by atoms with Gasteiger partial charge in [0.1, 0.15) is 0 Å². The van der Waals surface area contributed by atoms with Crippen LogP contribution >= 0.6 is 11.3 Å². The van der Waals surface area contributed by atoms with Crippen molar-refractivity contribution in [3.05, 3.63) is 65.7 Å². The second kappa shape index (κ2) is 7.76. The Labute approximate surface area is 170 Å². The van der Waals surface area contributed by atoms with E-state index in [0.717, 1.165) is 22.2 Å². The molecule has 0 spiro atoms. The molecule has 10 heteroatoms. The van der Waals surface area contributed by atoms with Crippen LogP contribution in [0.2, 0.25) is 0 Å². The molecule has 0 aliphatic heterocycles. The molecule has 0 aliphatic rings. The van der Waals surface area contributed by atoms with Crippen LogP contribution in [-0.2, 0) is 14.9 Å². The highest BCUT2D eigenvalue weighted by atomic mass is 32.2. The third-order valence-electron chi connectivity index (χ3n) is 4.21. The largest absolute Gasteiger partial charge is 0.360 e. The molecule has 3 N–H and O–H groups in total. The molecule has 29 heavy (non-hydrogen) atoms. The van der Waals surface area contributed by atoms with Crippen molar-refractivity contribution in [2.24, 2.45) is 0 Å². The summed E-state index contributed by atoms with van der Waals surface area (Å²) in [6.07, 6.45) is 1.89. The van der Waals surface area contributed by atoms with Crippen molar-refractivity contribution in [2.75, 3.05) is 12.4 Å². The van der Waals surface area contributed by atoms with Crippen LogP contribution in [0.1, 0.15) is 10.4 Å². The predicted octanol–water partition coefficient (Wildman–Crippen LogP) is 3.38. The van der Waals surface area contributed by atoms with E-state index in [9.17, 15) is 13.2 Å². The zero-order valence-corrected chi connectivity index (χ0v) is 16.8. The number of hydrogen-bond acceptors (Lipinski definition) is 6. The molecule has 2 aromatic carbocycles. The molecule has 0 radical (unpaired) electrons. The smallest absolute Gasteiger partial charge is 0.262 e. The molecule has 0 aliphatic carbocycles. The molecule has 0 fully saturated rings. The fourth-order valence-corrected chi connectivity index (χ4v) is 4.37. The van der Waals surface area contributed by atoms with E-state index in [1.54, 1.807) is 0 Å². The summed E-state index contributed by atoms with van der Waals surface area (Å²) >= 11 is 1.31. The molecule has 0 saturated heterocycles. The van der Waals surface area contributed by atoms with Crippen molar-refractivity contribution in [1.29, 1.82) is 0 Å². The highest BCUT2D eigenvalue weighted by Crippen LogP contribution is 2.31. The minimum absolute atomic E-state index is 0.00762. The van der Waals surface area contributed by atoms with Crippen molar-refractivity contribution in [3.8, 4) is 11.3 Å². The van der Waals surface area contributed by atoms with Gasteiger partial charge >= 0.3 is 0 Å². The monoisotopic (exact) mass is 428 g/mol. The summed E-state index contributed by atoms with van der Waals surface area (Å²) in [5, 5.41) is 6.12. The first kappa shape index (κ1) is 19.3. The van der Waals surface area contributed by atoms with Crippen molar-refractivity contribution in [1.82, 2.24) is 14.9 Å². The summed E-state index contributed by atoms with van der Waals surface area (Å²) in [7, 11) is -2.56. The van der Waals surface area contributed by atoms with E-state index in [-0.39, 0.29) is 10.8 Å². The van der Waals surface area contributed by atoms with E-state index >= 15 is 0 Å². The number of nitrogens with one attached hydrogen (secondary N) is 3. The Morgan fingerprint density at radius 3 is 2.66 bits per heavy atom. The lowest BCUT2D eigenvalue weighted by molar-refractivity contribution is 0.102. The molecule has 0 atom stereocenters. The van der Waals surface area contributed by atoms with Crippen LogP contribution in [0.15, 0.2) is 65.0 Å². The standard InChI is InChI=1S/C19H16N4O4S2/c1-27-23-29(25,26)13-8-6-12(7-9-13)18(24)22-19-21-17(11-28-19)15-10-20-16-5-3-2-4-14(15)16/h2-11,20,23H,1H3,(H,21,22,24). The number of aromatic amines is 1. The normalized spacial score (nSPS) is 11.6. The van der Waals surface area contributed by atoms with Gasteiger partial charge in [0.05, 0.1) is 17.7 Å². The highest BCUT2D eigenvalue weighted by molar-refractivity contribution is 7.89. The first-order chi connectivity index (χ1) is 14.0. The van der Waals surface area contributed by atoms with Crippen molar-refractivity contribution >= 4 is 43.3 Å². The SMILES string of the molecule is CONS(=O)(=O)c1ccc(C(=O)Nc2nc(-c3c[nH]c4ccccc34)cs2)cc1. The second-order valence-corrected chi connectivity index (χ2v) is 8.56. The minimum Gasteiger partial charge on any atom is -0.360 e. The van der Waals surface area contributed by atoms with Crippen LogP contribution in [0.3, 0.4) is 0 Å². The fourth-order valence-electron chi connectivity index (χ4n) is 2.85. The second-order valence-electron chi connectivity index (χ2n) is 6.06. The molecule has 2 aromatic heterocycles. The molecule has 0 saturated carbocycles. The van der Waals surface area contributed by atoms with Gasteiger partial charge in [0, 0.05) is 33.6 Å². The Kier molecular flexibility index (Phi) is 5.16. The average Bonchev–Trinajstić information content (AvgIpc) is 3.34. The number of sulfonamides is 1. The van der Waals surface area contributed by atoms with E-state index in [0.29, 0.717) is 10.7 Å². The van der Waals surface area contributed by atoms with Crippen LogP contribution < -0.4 is 10.2 Å². The Balaban J connectivity index is 1.51. The minimum atomic E-state index is -3.77. The third kappa shape index (κ3) is 3.91. The fraction of sp³-hybridized carbons (Fsp3) is 0.0526. The third-order valence-corrected chi connectivity index (χ3v) is 6.25. The summed E-state index contributed by atoms with van der Waals surface area (Å²) < 4.78 is 23.7. The van der Waals surface area contributed by atoms with Crippen LogP contribution in [0.5, 0.6) is 0 Å². The molecule has 0 bridgehead atoms. The maximum atomic E-state index is 12.5. The van der Waals surface area contributed by atoms with Gasteiger partial charge < -0.3 is 4.98 Å². The number of fused-ring (bicyclic) bond motifs is 1. The molecular formula is C19H16N4O4S2. The van der Waals surface area contributed by atoms with Crippen LogP contribution in [0.4, 0.5) is 5.13 Å². The van der Waals surface area contributed by atoms with Gasteiger partial charge in [0.15, 0.2) is 5.13 Å². The lowest BCUT2D eigenvalue weighted by atomic mass is 10.1. The van der Waals surface area contributed by atoms with Crippen LogP contribution in [0, 0.1) is 0 Å². The lowest BCUT2D eigenvalue weighted by Gasteiger charge is -2.05. The number of thiazole rings is 1. The number of rotatable bonds is 6. The number of amides is 1. The summed E-state index contributed by atoms with van der Waals surface area (Å²) in [4.78, 5) is 26.5. The number of carbonyl (C=O) groups is 1. The number of nitrogens with zero attached hydrogens (tertiary/aromatic N) is 1. The van der Waals surface area contributed by atoms with E-state index in [1.165, 1.54) is 42.7 Å². The number of anilines is 1. The number of H-pyrrole nitrogens is 1. The summed E-state index contributed by atoms with van der Waals surface area (Å²) in [5.74, 6) is -0.381. The van der Waals surface area contributed by atoms with Gasteiger partial charge in [-0.2, -0.15) is 0 Å². The van der Waals surface area contributed by atoms with Crippen LogP contribution in [0.25, 0.3) is 22.2 Å². The topological polar surface area (TPSA) is 113 Å². The molecule has 4 aromatic rings. The lowest BCUT2D eigenvalue weighted by Crippen LogP contribution is -2.22. The summed E-state index contributed by atoms with van der Waals surface area (Å²) in [5.41, 5.74) is 3.04. The zero-order valence-electron chi connectivity index (χ0n) is 15.2. The number of carbonyl (C=O) groups excluding carboxylic acids is 1. The van der Waals surface area contributed by atoms with Gasteiger partial charge in [-0.25, -0.2) is 13.4 Å². The molecule has 8 nitrogen and oxygen atoms in total. The number of para-hydroxylation sites is 1. The molecule has 1 amide bonds. The van der Waals surface area contributed by atoms with Crippen molar-refractivity contribution < 1.29 is 18.0 Å². The number of aromatic nitrogens is 2. The van der Waals surface area contributed by atoms with Gasteiger partial charge in [0.2, 0.25) is 0 Å². The first-order valence-electron chi connectivity index (χ1n) is 8.46. The van der Waals surface area contributed by atoms with E-state index in [4.69, 9.17) is 0 Å². The molecular weight excluding hydrogens is 412 g/mol. The Bertz CT molecular complexity index is 1280. The molecule has 148 valence electrons. The summed E-state index contributed by atoms with van der Waals surface area (Å²) in [6, 6.07) is 13.4. The number of benzene rings is 2. The quantitative estimate of drug-likeness (QED) is 0.408. The highest BCUT2D eigenvalue weighted by Gasteiger charge is 2.16.